The molecular weight excluding hydrogens is 437 g/mol. The topological polar surface area (TPSA) is 95.6 Å². The van der Waals surface area contributed by atoms with Gasteiger partial charge in [-0.15, -0.1) is 0 Å². The molecule has 2 aromatic carbocycles. The van der Waals surface area contributed by atoms with Crippen molar-refractivity contribution in [3.05, 3.63) is 64.9 Å². The molecule has 3 unspecified atom stereocenters. The van der Waals surface area contributed by atoms with E-state index in [1.807, 2.05) is 18.2 Å². The second-order valence-corrected chi connectivity index (χ2v) is 8.37. The van der Waals surface area contributed by atoms with Crippen LogP contribution in [0.3, 0.4) is 0 Å². The number of aliphatic imine (C=N–C) groups is 1. The highest BCUT2D eigenvalue weighted by molar-refractivity contribution is 5.96. The molecule has 0 bridgehead atoms. The van der Waals surface area contributed by atoms with E-state index in [1.165, 1.54) is 6.07 Å². The molecule has 3 aliphatic heterocycles. The molecule has 1 aliphatic carbocycles. The van der Waals surface area contributed by atoms with Crippen molar-refractivity contribution in [3.63, 3.8) is 0 Å². The summed E-state index contributed by atoms with van der Waals surface area (Å²) in [7, 11) is 0. The van der Waals surface area contributed by atoms with Crippen molar-refractivity contribution in [1.82, 2.24) is 25.9 Å². The minimum atomic E-state index is -4.40. The summed E-state index contributed by atoms with van der Waals surface area (Å²) in [5.41, 5.74) is 1.97. The SMILES string of the molecule is FC(F)(F)c1ccc2nc(C3C4Oc5ccc(OC6=NCNC7=C6NCN7)cc5C43)[nH]c2c1. The Bertz CT molecular complexity index is 1380. The van der Waals surface area contributed by atoms with Gasteiger partial charge in [-0.1, -0.05) is 0 Å². The van der Waals surface area contributed by atoms with E-state index < -0.39 is 11.7 Å². The lowest BCUT2D eigenvalue weighted by Gasteiger charge is -2.17. The minimum Gasteiger partial charge on any atom is -0.489 e. The highest BCUT2D eigenvalue weighted by Crippen LogP contribution is 2.63. The largest absolute Gasteiger partial charge is 0.489 e. The van der Waals surface area contributed by atoms with Crippen molar-refractivity contribution in [2.24, 2.45) is 4.99 Å². The van der Waals surface area contributed by atoms with Gasteiger partial charge in [-0.05, 0) is 36.4 Å². The Hall–Kier alpha value is -3.89. The van der Waals surface area contributed by atoms with Crippen LogP contribution in [0.15, 0.2) is 52.9 Å². The van der Waals surface area contributed by atoms with Crippen molar-refractivity contribution in [3.8, 4) is 11.5 Å². The second-order valence-electron chi connectivity index (χ2n) is 8.37. The summed E-state index contributed by atoms with van der Waals surface area (Å²) < 4.78 is 51.2. The quantitative estimate of drug-likeness (QED) is 0.476. The predicted molar refractivity (Wildman–Crippen MR) is 112 cm³/mol. The number of halogens is 3. The molecular formula is C22H17F3N6O2. The maximum Gasteiger partial charge on any atom is 0.416 e. The first kappa shape index (κ1) is 18.7. The van der Waals surface area contributed by atoms with Crippen molar-refractivity contribution >= 4 is 16.9 Å². The van der Waals surface area contributed by atoms with Crippen LogP contribution >= 0.6 is 0 Å². The Kier molecular flexibility index (Phi) is 3.58. The van der Waals surface area contributed by atoms with E-state index in [4.69, 9.17) is 9.47 Å². The van der Waals surface area contributed by atoms with Gasteiger partial charge in [0.1, 0.15) is 41.6 Å². The smallest absolute Gasteiger partial charge is 0.416 e. The number of ether oxygens (including phenoxy) is 2. The summed E-state index contributed by atoms with van der Waals surface area (Å²) >= 11 is 0. The summed E-state index contributed by atoms with van der Waals surface area (Å²) in [4.78, 5) is 12.0. The summed E-state index contributed by atoms with van der Waals surface area (Å²) in [6.07, 6.45) is -4.49. The van der Waals surface area contributed by atoms with Crippen molar-refractivity contribution in [2.45, 2.75) is 24.1 Å². The molecule has 4 aliphatic rings. The third kappa shape index (κ3) is 2.84. The molecule has 11 heteroatoms. The number of aromatic amines is 1. The van der Waals surface area contributed by atoms with Gasteiger partial charge < -0.3 is 30.4 Å². The lowest BCUT2D eigenvalue weighted by Crippen LogP contribution is -2.31. The molecule has 0 radical (unpaired) electrons. The predicted octanol–water partition coefficient (Wildman–Crippen LogP) is 2.88. The molecule has 7 rings (SSSR count). The van der Waals surface area contributed by atoms with Gasteiger partial charge in [0.15, 0.2) is 0 Å². The van der Waals surface area contributed by atoms with E-state index in [1.54, 1.807) is 0 Å². The summed E-state index contributed by atoms with van der Waals surface area (Å²) in [5, 5.41) is 9.52. The molecule has 4 heterocycles. The van der Waals surface area contributed by atoms with Gasteiger partial charge in [0.05, 0.1) is 29.2 Å². The maximum absolute atomic E-state index is 13.0. The number of nitrogens with one attached hydrogen (secondary N) is 4. The number of nitrogens with zero attached hydrogens (tertiary/aromatic N) is 2. The van der Waals surface area contributed by atoms with Crippen LogP contribution in [-0.4, -0.2) is 35.3 Å². The number of imidazole rings is 1. The Morgan fingerprint density at radius 3 is 2.82 bits per heavy atom. The Morgan fingerprint density at radius 2 is 1.94 bits per heavy atom. The Morgan fingerprint density at radius 1 is 1.03 bits per heavy atom. The Labute approximate surface area is 184 Å². The molecule has 33 heavy (non-hydrogen) atoms. The first-order chi connectivity index (χ1) is 16.0. The number of hydrogen-bond donors (Lipinski definition) is 4. The summed E-state index contributed by atoms with van der Waals surface area (Å²) in [6.45, 7) is 1.03. The number of aromatic nitrogens is 2. The number of H-pyrrole nitrogens is 1. The van der Waals surface area contributed by atoms with Crippen LogP contribution in [-0.2, 0) is 6.18 Å². The standard InChI is InChI=1S/C22H17F3N6O2/c23-22(24,25)9-1-3-12-13(5-9)31-19(30-12)16-15-11-6-10(2-4-14(11)33-18(15)16)32-21-17-20(27-7-26-17)28-8-29-21/h1-6,15-16,18,26-28H,7-8H2,(H,30,31). The molecule has 168 valence electrons. The Balaban J connectivity index is 1.15. The van der Waals surface area contributed by atoms with Gasteiger partial charge in [-0.2, -0.15) is 13.2 Å². The van der Waals surface area contributed by atoms with Crippen molar-refractivity contribution < 1.29 is 22.6 Å². The zero-order chi connectivity index (χ0) is 22.3. The van der Waals surface area contributed by atoms with Crippen LogP contribution in [0.4, 0.5) is 13.2 Å². The molecule has 1 saturated carbocycles. The van der Waals surface area contributed by atoms with Crippen LogP contribution < -0.4 is 25.4 Å². The van der Waals surface area contributed by atoms with E-state index in [0.717, 1.165) is 35.0 Å². The van der Waals surface area contributed by atoms with E-state index >= 15 is 0 Å². The highest BCUT2D eigenvalue weighted by atomic mass is 19.4. The van der Waals surface area contributed by atoms with Gasteiger partial charge >= 0.3 is 6.18 Å². The second kappa shape index (κ2) is 6.33. The van der Waals surface area contributed by atoms with Crippen LogP contribution in [0.25, 0.3) is 11.0 Å². The molecule has 4 N–H and O–H groups in total. The van der Waals surface area contributed by atoms with Crippen LogP contribution in [0.2, 0.25) is 0 Å². The molecule has 0 spiro atoms. The van der Waals surface area contributed by atoms with E-state index in [9.17, 15) is 13.2 Å². The fourth-order valence-electron chi connectivity index (χ4n) is 4.79. The van der Waals surface area contributed by atoms with Crippen LogP contribution in [0, 0.1) is 0 Å². The minimum absolute atomic E-state index is 0.0410. The number of hydrogen-bond acceptors (Lipinski definition) is 7. The van der Waals surface area contributed by atoms with Gasteiger partial charge in [-0.3, -0.25) is 0 Å². The van der Waals surface area contributed by atoms with E-state index in [2.05, 4.69) is 30.9 Å². The fourth-order valence-corrected chi connectivity index (χ4v) is 4.79. The average Bonchev–Trinajstić information content (AvgIpc) is 3.18. The average molecular weight is 454 g/mol. The monoisotopic (exact) mass is 454 g/mol. The fraction of sp³-hybridized carbons (Fsp3) is 0.273. The first-order valence-electron chi connectivity index (χ1n) is 10.5. The lowest BCUT2D eigenvalue weighted by atomic mass is 10.1. The van der Waals surface area contributed by atoms with Gasteiger partial charge in [0, 0.05) is 11.5 Å². The maximum atomic E-state index is 13.0. The van der Waals surface area contributed by atoms with E-state index in [-0.39, 0.29) is 17.9 Å². The number of rotatable bonds is 2. The third-order valence-corrected chi connectivity index (χ3v) is 6.39. The summed E-state index contributed by atoms with van der Waals surface area (Å²) in [6, 6.07) is 9.20. The third-order valence-electron chi connectivity index (χ3n) is 6.39. The van der Waals surface area contributed by atoms with Crippen molar-refractivity contribution in [2.75, 3.05) is 13.3 Å². The molecule has 3 aromatic rings. The molecule has 1 fully saturated rings. The normalized spacial score (nSPS) is 24.7. The number of fused-ring (bicyclic) bond motifs is 4. The molecule has 0 amide bonds. The number of benzene rings is 2. The van der Waals surface area contributed by atoms with Crippen LogP contribution in [0.5, 0.6) is 11.5 Å². The van der Waals surface area contributed by atoms with Gasteiger partial charge in [0.2, 0.25) is 5.90 Å². The lowest BCUT2D eigenvalue weighted by molar-refractivity contribution is -0.137. The number of alkyl halides is 3. The molecule has 3 atom stereocenters. The first-order valence-corrected chi connectivity index (χ1v) is 10.5. The molecule has 8 nitrogen and oxygen atoms in total. The van der Waals surface area contributed by atoms with Gasteiger partial charge in [0.25, 0.3) is 0 Å². The van der Waals surface area contributed by atoms with E-state index in [0.29, 0.717) is 41.8 Å². The van der Waals surface area contributed by atoms with Gasteiger partial charge in [-0.25, -0.2) is 9.98 Å². The molecule has 1 aromatic heterocycles. The van der Waals surface area contributed by atoms with Crippen molar-refractivity contribution in [1.29, 1.82) is 0 Å². The summed E-state index contributed by atoms with van der Waals surface area (Å²) in [5.74, 6) is 3.47. The zero-order valence-corrected chi connectivity index (χ0v) is 17.0. The van der Waals surface area contributed by atoms with Crippen LogP contribution in [0.1, 0.15) is 28.8 Å². The highest BCUT2D eigenvalue weighted by Gasteiger charge is 2.61. The molecule has 0 saturated heterocycles. The zero-order valence-electron chi connectivity index (χ0n) is 17.0.